The summed E-state index contributed by atoms with van der Waals surface area (Å²) in [7, 11) is 1.42. The number of rotatable bonds is 3. The van der Waals surface area contributed by atoms with Crippen molar-refractivity contribution in [1.29, 1.82) is 0 Å². The number of piperidine rings is 1. The van der Waals surface area contributed by atoms with Crippen LogP contribution in [0.25, 0.3) is 0 Å². The molecule has 0 spiro atoms. The van der Waals surface area contributed by atoms with E-state index in [0.717, 1.165) is 19.6 Å². The zero-order valence-corrected chi connectivity index (χ0v) is 9.08. The highest BCUT2D eigenvalue weighted by molar-refractivity contribution is 5.87. The summed E-state index contributed by atoms with van der Waals surface area (Å²) < 4.78 is 4.63. The molecule has 0 aromatic heterocycles. The fourth-order valence-electron chi connectivity index (χ4n) is 1.65. The molecule has 0 bridgehead atoms. The largest absolute Gasteiger partial charge is 0.466 e. The fourth-order valence-corrected chi connectivity index (χ4v) is 1.65. The zero-order chi connectivity index (χ0) is 10.4. The van der Waals surface area contributed by atoms with Crippen molar-refractivity contribution in [1.82, 2.24) is 4.90 Å². The third-order valence-corrected chi connectivity index (χ3v) is 2.61. The van der Waals surface area contributed by atoms with Crippen molar-refractivity contribution in [3.8, 4) is 0 Å². The Morgan fingerprint density at radius 1 is 1.36 bits per heavy atom. The molecule has 0 radical (unpaired) electrons. The molecule has 80 valence electrons. The normalized spacial score (nSPS) is 19.4. The number of hydrogen-bond donors (Lipinski definition) is 0. The predicted molar refractivity (Wildman–Crippen MR) is 56.1 cm³/mol. The number of methoxy groups -OCH3 is 1. The maximum absolute atomic E-state index is 11.1. The lowest BCUT2D eigenvalue weighted by atomic mass is 10.1. The van der Waals surface area contributed by atoms with Crippen molar-refractivity contribution in [2.24, 2.45) is 0 Å². The molecular weight excluding hydrogens is 178 g/mol. The molecule has 1 fully saturated rings. The summed E-state index contributed by atoms with van der Waals surface area (Å²) in [6, 6.07) is 0. The van der Waals surface area contributed by atoms with Crippen molar-refractivity contribution in [3.05, 3.63) is 11.6 Å². The molecule has 0 saturated carbocycles. The smallest absolute Gasteiger partial charge is 0.333 e. The van der Waals surface area contributed by atoms with Crippen molar-refractivity contribution in [2.75, 3.05) is 26.7 Å². The minimum atomic E-state index is -0.220. The molecule has 3 nitrogen and oxygen atoms in total. The Morgan fingerprint density at radius 2 is 2.00 bits per heavy atom. The van der Waals surface area contributed by atoms with Gasteiger partial charge in [-0.15, -0.1) is 0 Å². The average molecular weight is 197 g/mol. The Kier molecular flexibility index (Phi) is 4.66. The summed E-state index contributed by atoms with van der Waals surface area (Å²) in [5.74, 6) is -0.220. The third kappa shape index (κ3) is 3.50. The topological polar surface area (TPSA) is 29.5 Å². The van der Waals surface area contributed by atoms with E-state index in [-0.39, 0.29) is 5.97 Å². The maximum Gasteiger partial charge on any atom is 0.333 e. The van der Waals surface area contributed by atoms with Gasteiger partial charge in [0.2, 0.25) is 0 Å². The molecular formula is C11H19NO2. The van der Waals surface area contributed by atoms with Gasteiger partial charge in [-0.3, -0.25) is 4.90 Å². The van der Waals surface area contributed by atoms with Crippen LogP contribution in [-0.2, 0) is 9.53 Å². The van der Waals surface area contributed by atoms with Gasteiger partial charge in [-0.25, -0.2) is 4.79 Å². The molecule has 0 amide bonds. The summed E-state index contributed by atoms with van der Waals surface area (Å²) in [4.78, 5) is 13.4. The van der Waals surface area contributed by atoms with E-state index in [2.05, 4.69) is 9.64 Å². The summed E-state index contributed by atoms with van der Waals surface area (Å²) >= 11 is 0. The second-order valence-electron chi connectivity index (χ2n) is 3.74. The number of nitrogens with zero attached hydrogens (tertiary/aromatic N) is 1. The molecule has 1 heterocycles. The first-order valence-corrected chi connectivity index (χ1v) is 5.21. The van der Waals surface area contributed by atoms with Crippen LogP contribution in [0.2, 0.25) is 0 Å². The SMILES string of the molecule is COC(=O)C(C)=CCN1CCCCC1. The van der Waals surface area contributed by atoms with E-state index in [9.17, 15) is 4.79 Å². The Bertz CT molecular complexity index is 217. The van der Waals surface area contributed by atoms with E-state index in [1.807, 2.05) is 6.08 Å². The van der Waals surface area contributed by atoms with Gasteiger partial charge in [-0.05, 0) is 32.9 Å². The molecule has 0 aliphatic carbocycles. The van der Waals surface area contributed by atoms with Gasteiger partial charge < -0.3 is 4.74 Å². The van der Waals surface area contributed by atoms with Crippen LogP contribution in [0.4, 0.5) is 0 Å². The number of carbonyl (C=O) groups is 1. The van der Waals surface area contributed by atoms with E-state index in [1.54, 1.807) is 6.92 Å². The zero-order valence-electron chi connectivity index (χ0n) is 9.08. The minimum absolute atomic E-state index is 0.220. The molecule has 0 aromatic rings. The van der Waals surface area contributed by atoms with Gasteiger partial charge in [-0.2, -0.15) is 0 Å². The Balaban J connectivity index is 2.33. The molecule has 3 heteroatoms. The van der Waals surface area contributed by atoms with E-state index in [1.165, 1.54) is 26.4 Å². The van der Waals surface area contributed by atoms with E-state index < -0.39 is 0 Å². The van der Waals surface area contributed by atoms with Gasteiger partial charge in [-0.1, -0.05) is 12.5 Å². The first-order chi connectivity index (χ1) is 6.74. The molecule has 0 aromatic carbocycles. The van der Waals surface area contributed by atoms with E-state index >= 15 is 0 Å². The highest BCUT2D eigenvalue weighted by Crippen LogP contribution is 2.08. The predicted octanol–water partition coefficient (Wildman–Crippen LogP) is 1.59. The van der Waals surface area contributed by atoms with Crippen LogP contribution in [0.1, 0.15) is 26.2 Å². The molecule has 1 aliphatic heterocycles. The lowest BCUT2D eigenvalue weighted by Gasteiger charge is -2.25. The molecule has 0 atom stereocenters. The molecule has 1 aliphatic rings. The van der Waals surface area contributed by atoms with Crippen LogP contribution < -0.4 is 0 Å². The molecule has 1 rings (SSSR count). The van der Waals surface area contributed by atoms with Crippen LogP contribution in [0.5, 0.6) is 0 Å². The van der Waals surface area contributed by atoms with Gasteiger partial charge >= 0.3 is 5.97 Å². The second kappa shape index (κ2) is 5.81. The first-order valence-electron chi connectivity index (χ1n) is 5.21. The maximum atomic E-state index is 11.1. The van der Waals surface area contributed by atoms with E-state index in [4.69, 9.17) is 0 Å². The van der Waals surface area contributed by atoms with Gasteiger partial charge in [0.05, 0.1) is 7.11 Å². The molecule has 1 saturated heterocycles. The number of likely N-dealkylation sites (tertiary alicyclic amines) is 1. The lowest BCUT2D eigenvalue weighted by Crippen LogP contribution is -2.30. The van der Waals surface area contributed by atoms with E-state index in [0.29, 0.717) is 5.57 Å². The van der Waals surface area contributed by atoms with Crippen LogP contribution in [0.3, 0.4) is 0 Å². The summed E-state index contributed by atoms with van der Waals surface area (Å²) in [5, 5.41) is 0. The van der Waals surface area contributed by atoms with Gasteiger partial charge in [0.25, 0.3) is 0 Å². The Hall–Kier alpha value is -0.830. The highest BCUT2D eigenvalue weighted by Gasteiger charge is 2.09. The lowest BCUT2D eigenvalue weighted by molar-refractivity contribution is -0.136. The van der Waals surface area contributed by atoms with Crippen LogP contribution in [-0.4, -0.2) is 37.6 Å². The Labute approximate surface area is 85.7 Å². The van der Waals surface area contributed by atoms with Gasteiger partial charge in [0.1, 0.15) is 0 Å². The van der Waals surface area contributed by atoms with Crippen molar-refractivity contribution >= 4 is 5.97 Å². The van der Waals surface area contributed by atoms with Crippen molar-refractivity contribution in [2.45, 2.75) is 26.2 Å². The van der Waals surface area contributed by atoms with Crippen LogP contribution in [0.15, 0.2) is 11.6 Å². The third-order valence-electron chi connectivity index (χ3n) is 2.61. The fraction of sp³-hybridized carbons (Fsp3) is 0.727. The van der Waals surface area contributed by atoms with Crippen LogP contribution in [0, 0.1) is 0 Å². The quantitative estimate of drug-likeness (QED) is 0.508. The van der Waals surface area contributed by atoms with Crippen molar-refractivity contribution in [3.63, 3.8) is 0 Å². The monoisotopic (exact) mass is 197 g/mol. The molecule has 14 heavy (non-hydrogen) atoms. The molecule has 0 unspecified atom stereocenters. The Morgan fingerprint density at radius 3 is 2.57 bits per heavy atom. The minimum Gasteiger partial charge on any atom is -0.466 e. The number of ether oxygens (including phenoxy) is 1. The standard InChI is InChI=1S/C11H19NO2/c1-10(11(13)14-2)6-9-12-7-4-3-5-8-12/h6H,3-5,7-9H2,1-2H3. The summed E-state index contributed by atoms with van der Waals surface area (Å²) in [6.45, 7) is 4.99. The van der Waals surface area contributed by atoms with Crippen molar-refractivity contribution < 1.29 is 9.53 Å². The number of esters is 1. The second-order valence-corrected chi connectivity index (χ2v) is 3.74. The van der Waals surface area contributed by atoms with Crippen LogP contribution >= 0.6 is 0 Å². The first kappa shape index (κ1) is 11.2. The van der Waals surface area contributed by atoms with Gasteiger partial charge in [0.15, 0.2) is 0 Å². The summed E-state index contributed by atoms with van der Waals surface area (Å²) in [6.07, 6.45) is 5.86. The van der Waals surface area contributed by atoms with Gasteiger partial charge in [0, 0.05) is 12.1 Å². The number of carbonyl (C=O) groups excluding carboxylic acids is 1. The highest BCUT2D eigenvalue weighted by atomic mass is 16.5. The summed E-state index contributed by atoms with van der Waals surface area (Å²) in [5.41, 5.74) is 0.707. The molecule has 0 N–H and O–H groups in total. The average Bonchev–Trinajstić information content (AvgIpc) is 2.26. The number of hydrogen-bond acceptors (Lipinski definition) is 3.